The van der Waals surface area contributed by atoms with Gasteiger partial charge >= 0.3 is 5.97 Å². The highest BCUT2D eigenvalue weighted by Gasteiger charge is 2.23. The van der Waals surface area contributed by atoms with Crippen LogP contribution in [0.5, 0.6) is 5.75 Å². The minimum atomic E-state index is -0.703. The van der Waals surface area contributed by atoms with E-state index in [1.54, 1.807) is 24.3 Å². The maximum atomic E-state index is 12.9. The number of methoxy groups -OCH3 is 1. The van der Waals surface area contributed by atoms with Gasteiger partial charge in [-0.25, -0.2) is 0 Å². The molecule has 0 fully saturated rings. The van der Waals surface area contributed by atoms with Crippen LogP contribution >= 0.6 is 23.2 Å². The second-order valence-electron chi connectivity index (χ2n) is 6.73. The molecule has 2 aromatic carbocycles. The highest BCUT2D eigenvalue weighted by molar-refractivity contribution is 6.42. The van der Waals surface area contributed by atoms with Crippen molar-refractivity contribution in [3.63, 3.8) is 0 Å². The summed E-state index contributed by atoms with van der Waals surface area (Å²) >= 11 is 12.4. The number of halogens is 2. The molecule has 3 rings (SSSR count). The third kappa shape index (κ3) is 5.07. The molecule has 0 saturated carbocycles. The van der Waals surface area contributed by atoms with E-state index >= 15 is 0 Å². The van der Waals surface area contributed by atoms with E-state index in [4.69, 9.17) is 32.7 Å². The lowest BCUT2D eigenvalue weighted by molar-refractivity contribution is -0.141. The number of aromatic amines is 1. The molecular formula is C22H22Cl2N2O4. The average molecular weight is 449 g/mol. The van der Waals surface area contributed by atoms with Gasteiger partial charge in [0.25, 0.3) is 5.91 Å². The molecule has 0 aliphatic carbocycles. The lowest BCUT2D eigenvalue weighted by atomic mass is 10.0. The molecule has 0 aliphatic rings. The van der Waals surface area contributed by atoms with Crippen molar-refractivity contribution in [1.82, 2.24) is 10.3 Å². The first kappa shape index (κ1) is 22.0. The maximum absolute atomic E-state index is 12.9. The number of rotatable bonds is 8. The molecule has 0 bridgehead atoms. The van der Waals surface area contributed by atoms with Crippen molar-refractivity contribution >= 4 is 46.0 Å². The van der Waals surface area contributed by atoms with Gasteiger partial charge in [0.05, 0.1) is 36.2 Å². The van der Waals surface area contributed by atoms with Crippen molar-refractivity contribution in [3.05, 3.63) is 63.8 Å². The standard InChI is InChI=1S/C22H22Cl2N2O4/c1-3-9-30-14-7-8-17-13(10-14)11-19(25-17)22(28)26-18(12-20(27)29-2)15-5-4-6-16(23)21(15)24/h4-8,10-11,18,25H,3,9,12H2,1-2H3,(H,26,28). The summed E-state index contributed by atoms with van der Waals surface area (Å²) in [5.41, 5.74) is 1.69. The van der Waals surface area contributed by atoms with Crippen LogP contribution in [-0.2, 0) is 9.53 Å². The third-order valence-corrected chi connectivity index (χ3v) is 5.40. The Morgan fingerprint density at radius 3 is 2.70 bits per heavy atom. The fourth-order valence-corrected chi connectivity index (χ4v) is 3.50. The zero-order valence-electron chi connectivity index (χ0n) is 16.6. The fourth-order valence-electron chi connectivity index (χ4n) is 3.06. The number of amides is 1. The largest absolute Gasteiger partial charge is 0.494 e. The zero-order chi connectivity index (χ0) is 21.7. The number of carbonyl (C=O) groups is 2. The van der Waals surface area contributed by atoms with E-state index in [-0.39, 0.29) is 17.4 Å². The van der Waals surface area contributed by atoms with E-state index in [1.165, 1.54) is 7.11 Å². The molecule has 0 spiro atoms. The Morgan fingerprint density at radius 2 is 1.97 bits per heavy atom. The van der Waals surface area contributed by atoms with Gasteiger partial charge in [-0.2, -0.15) is 0 Å². The van der Waals surface area contributed by atoms with E-state index < -0.39 is 12.0 Å². The normalized spacial score (nSPS) is 11.9. The van der Waals surface area contributed by atoms with Gasteiger partial charge in [0.15, 0.2) is 0 Å². The molecular weight excluding hydrogens is 427 g/mol. The molecule has 1 unspecified atom stereocenters. The second-order valence-corrected chi connectivity index (χ2v) is 7.52. The first-order chi connectivity index (χ1) is 14.4. The number of H-pyrrole nitrogens is 1. The molecule has 0 saturated heterocycles. The number of aromatic nitrogens is 1. The molecule has 1 amide bonds. The van der Waals surface area contributed by atoms with Gasteiger partial charge in [-0.05, 0) is 42.3 Å². The Balaban J connectivity index is 1.86. The van der Waals surface area contributed by atoms with Crippen LogP contribution in [0.25, 0.3) is 10.9 Å². The van der Waals surface area contributed by atoms with Crippen LogP contribution in [0.15, 0.2) is 42.5 Å². The van der Waals surface area contributed by atoms with Gasteiger partial charge in [0.2, 0.25) is 0 Å². The Hall–Kier alpha value is -2.70. The summed E-state index contributed by atoms with van der Waals surface area (Å²) in [6, 6.07) is 11.7. The van der Waals surface area contributed by atoms with Crippen molar-refractivity contribution in [1.29, 1.82) is 0 Å². The number of fused-ring (bicyclic) bond motifs is 1. The molecule has 30 heavy (non-hydrogen) atoms. The second kappa shape index (κ2) is 9.87. The van der Waals surface area contributed by atoms with Crippen molar-refractivity contribution in [2.75, 3.05) is 13.7 Å². The molecule has 0 aliphatic heterocycles. The van der Waals surface area contributed by atoms with Gasteiger partial charge in [0.1, 0.15) is 11.4 Å². The SMILES string of the molecule is CCCOc1ccc2[nH]c(C(=O)NC(CC(=O)OC)c3cccc(Cl)c3Cl)cc2c1. The molecule has 1 aromatic heterocycles. The van der Waals surface area contributed by atoms with Crippen LogP contribution in [-0.4, -0.2) is 30.6 Å². The van der Waals surface area contributed by atoms with Crippen LogP contribution in [0.1, 0.15) is 41.9 Å². The summed E-state index contributed by atoms with van der Waals surface area (Å²) in [4.78, 5) is 27.9. The van der Waals surface area contributed by atoms with E-state index in [1.807, 2.05) is 25.1 Å². The van der Waals surface area contributed by atoms with Crippen molar-refractivity contribution in [2.45, 2.75) is 25.8 Å². The van der Waals surface area contributed by atoms with E-state index in [2.05, 4.69) is 10.3 Å². The maximum Gasteiger partial charge on any atom is 0.307 e. The lowest BCUT2D eigenvalue weighted by Gasteiger charge is -2.19. The summed E-state index contributed by atoms with van der Waals surface area (Å²) in [6.07, 6.45) is 0.823. The average Bonchev–Trinajstić information content (AvgIpc) is 3.17. The van der Waals surface area contributed by atoms with Gasteiger partial charge in [0, 0.05) is 10.9 Å². The van der Waals surface area contributed by atoms with Gasteiger partial charge < -0.3 is 19.8 Å². The Kier molecular flexibility index (Phi) is 7.24. The molecule has 158 valence electrons. The minimum absolute atomic E-state index is 0.0858. The van der Waals surface area contributed by atoms with Crippen molar-refractivity contribution in [3.8, 4) is 5.75 Å². The van der Waals surface area contributed by atoms with Crippen LogP contribution in [0.4, 0.5) is 0 Å². The van der Waals surface area contributed by atoms with Gasteiger partial charge in [-0.3, -0.25) is 9.59 Å². The summed E-state index contributed by atoms with van der Waals surface area (Å²) in [5.74, 6) is -0.123. The number of carbonyl (C=O) groups excluding carboxylic acids is 2. The number of hydrogen-bond donors (Lipinski definition) is 2. The predicted molar refractivity (Wildman–Crippen MR) is 117 cm³/mol. The number of benzene rings is 2. The fraction of sp³-hybridized carbons (Fsp3) is 0.273. The highest BCUT2D eigenvalue weighted by atomic mass is 35.5. The first-order valence-electron chi connectivity index (χ1n) is 9.50. The smallest absolute Gasteiger partial charge is 0.307 e. The molecule has 6 nitrogen and oxygen atoms in total. The molecule has 0 radical (unpaired) electrons. The number of hydrogen-bond acceptors (Lipinski definition) is 4. The Morgan fingerprint density at radius 1 is 1.17 bits per heavy atom. The predicted octanol–water partition coefficient (Wildman–Crippen LogP) is 5.30. The zero-order valence-corrected chi connectivity index (χ0v) is 18.1. The summed E-state index contributed by atoms with van der Waals surface area (Å²) in [6.45, 7) is 2.66. The number of esters is 1. The molecule has 8 heteroatoms. The van der Waals surface area contributed by atoms with Gasteiger partial charge in [-0.1, -0.05) is 42.3 Å². The summed E-state index contributed by atoms with van der Waals surface area (Å²) in [7, 11) is 1.29. The number of ether oxygens (including phenoxy) is 2. The van der Waals surface area contributed by atoms with Gasteiger partial charge in [-0.15, -0.1) is 0 Å². The Labute approximate surface area is 184 Å². The Bertz CT molecular complexity index is 1060. The monoisotopic (exact) mass is 448 g/mol. The quantitative estimate of drug-likeness (QED) is 0.458. The van der Waals surface area contributed by atoms with E-state index in [0.29, 0.717) is 22.9 Å². The van der Waals surface area contributed by atoms with Crippen LogP contribution < -0.4 is 10.1 Å². The summed E-state index contributed by atoms with van der Waals surface area (Å²) in [5, 5.41) is 4.31. The highest BCUT2D eigenvalue weighted by Crippen LogP contribution is 2.32. The molecule has 1 heterocycles. The van der Waals surface area contributed by atoms with E-state index in [0.717, 1.165) is 23.1 Å². The van der Waals surface area contributed by atoms with E-state index in [9.17, 15) is 9.59 Å². The molecule has 3 aromatic rings. The van der Waals surface area contributed by atoms with Crippen LogP contribution in [0.3, 0.4) is 0 Å². The lowest BCUT2D eigenvalue weighted by Crippen LogP contribution is -2.31. The van der Waals surface area contributed by atoms with Crippen LogP contribution in [0, 0.1) is 0 Å². The van der Waals surface area contributed by atoms with Crippen molar-refractivity contribution < 1.29 is 19.1 Å². The van der Waals surface area contributed by atoms with Crippen molar-refractivity contribution in [2.24, 2.45) is 0 Å². The van der Waals surface area contributed by atoms with Crippen LogP contribution in [0.2, 0.25) is 10.0 Å². The topological polar surface area (TPSA) is 80.4 Å². The molecule has 1 atom stereocenters. The third-order valence-electron chi connectivity index (χ3n) is 4.57. The molecule has 2 N–H and O–H groups in total. The minimum Gasteiger partial charge on any atom is -0.494 e. The summed E-state index contributed by atoms with van der Waals surface area (Å²) < 4.78 is 10.4. The first-order valence-corrected chi connectivity index (χ1v) is 10.3. The number of nitrogens with one attached hydrogen (secondary N) is 2.